The molecule has 2 N–H and O–H groups in total. The minimum atomic E-state index is -0.513. The second-order valence-corrected chi connectivity index (χ2v) is 7.35. The minimum Gasteiger partial charge on any atom is -0.349 e. The lowest BCUT2D eigenvalue weighted by Crippen LogP contribution is -2.46. The van der Waals surface area contributed by atoms with E-state index in [9.17, 15) is 14.0 Å². The van der Waals surface area contributed by atoms with Gasteiger partial charge in [0.2, 0.25) is 5.91 Å². The van der Waals surface area contributed by atoms with Gasteiger partial charge >= 0.3 is 0 Å². The smallest absolute Gasteiger partial charge is 0.254 e. The molecule has 156 valence electrons. The molecule has 0 aliphatic carbocycles. The largest absolute Gasteiger partial charge is 0.349 e. The Morgan fingerprint density at radius 2 is 1.76 bits per heavy atom. The lowest BCUT2D eigenvalue weighted by Gasteiger charge is -2.31. The van der Waals surface area contributed by atoms with Gasteiger partial charge in [-0.25, -0.2) is 4.39 Å². The Labute approximate surface area is 177 Å². The number of hydrogen-bond acceptors (Lipinski definition) is 3. The van der Waals surface area contributed by atoms with Crippen LogP contribution in [-0.4, -0.2) is 42.4 Å². The third-order valence-electron chi connectivity index (χ3n) is 5.20. The van der Waals surface area contributed by atoms with Crippen molar-refractivity contribution < 1.29 is 14.0 Å². The van der Waals surface area contributed by atoms with E-state index in [4.69, 9.17) is 0 Å². The SMILES string of the molecule is Cc1ccc(NC(=O)CN2CCC(NC(=O)c3ccccc3F)CC2)cc1C.Cl. The molecule has 2 amide bonds. The van der Waals surface area contributed by atoms with E-state index in [0.717, 1.165) is 24.1 Å². The molecule has 3 rings (SSSR count). The van der Waals surface area contributed by atoms with Crippen molar-refractivity contribution in [3.05, 3.63) is 65.0 Å². The zero-order valence-corrected chi connectivity index (χ0v) is 17.5. The number of halogens is 2. The van der Waals surface area contributed by atoms with Crippen molar-refractivity contribution >= 4 is 29.9 Å². The van der Waals surface area contributed by atoms with Gasteiger partial charge in [-0.15, -0.1) is 12.4 Å². The molecule has 1 fully saturated rings. The average molecular weight is 420 g/mol. The van der Waals surface area contributed by atoms with Gasteiger partial charge in [-0.05, 0) is 62.1 Å². The number of hydrogen-bond donors (Lipinski definition) is 2. The zero-order valence-electron chi connectivity index (χ0n) is 16.7. The summed E-state index contributed by atoms with van der Waals surface area (Å²) in [4.78, 5) is 26.6. The molecule has 29 heavy (non-hydrogen) atoms. The highest BCUT2D eigenvalue weighted by Gasteiger charge is 2.23. The Balaban J connectivity index is 0.00000300. The molecule has 1 heterocycles. The molecule has 0 aromatic heterocycles. The van der Waals surface area contributed by atoms with Crippen molar-refractivity contribution in [2.45, 2.75) is 32.7 Å². The molecule has 2 aromatic carbocycles. The van der Waals surface area contributed by atoms with E-state index in [-0.39, 0.29) is 35.8 Å². The molecule has 1 aliphatic rings. The van der Waals surface area contributed by atoms with Crippen LogP contribution in [0.15, 0.2) is 42.5 Å². The molecule has 2 aromatic rings. The zero-order chi connectivity index (χ0) is 20.1. The monoisotopic (exact) mass is 419 g/mol. The number of anilines is 1. The fourth-order valence-electron chi connectivity index (χ4n) is 3.37. The Hall–Kier alpha value is -2.44. The van der Waals surface area contributed by atoms with E-state index >= 15 is 0 Å². The minimum absolute atomic E-state index is 0. The number of rotatable bonds is 5. The molecule has 0 radical (unpaired) electrons. The van der Waals surface area contributed by atoms with Crippen LogP contribution in [0.3, 0.4) is 0 Å². The van der Waals surface area contributed by atoms with E-state index < -0.39 is 5.82 Å². The highest BCUT2D eigenvalue weighted by atomic mass is 35.5. The number of aryl methyl sites for hydroxylation is 2. The van der Waals surface area contributed by atoms with Gasteiger partial charge in [0, 0.05) is 24.8 Å². The van der Waals surface area contributed by atoms with Gasteiger partial charge in [0.25, 0.3) is 5.91 Å². The van der Waals surface area contributed by atoms with Crippen molar-refractivity contribution in [1.82, 2.24) is 10.2 Å². The first kappa shape index (κ1) is 22.8. The standard InChI is InChI=1S/C22H26FN3O2.ClH/c1-15-7-8-18(13-16(15)2)24-21(27)14-26-11-9-17(10-12-26)25-22(28)19-5-3-4-6-20(19)23;/h3-8,13,17H,9-12,14H2,1-2H3,(H,24,27)(H,25,28);1H. The van der Waals surface area contributed by atoms with Gasteiger partial charge in [-0.3, -0.25) is 14.5 Å². The quantitative estimate of drug-likeness (QED) is 0.776. The summed E-state index contributed by atoms with van der Waals surface area (Å²) in [7, 11) is 0. The Morgan fingerprint density at radius 1 is 1.07 bits per heavy atom. The molecule has 7 heteroatoms. The third-order valence-corrected chi connectivity index (χ3v) is 5.20. The summed E-state index contributed by atoms with van der Waals surface area (Å²) in [6.07, 6.45) is 1.47. The van der Waals surface area contributed by atoms with Crippen molar-refractivity contribution in [2.24, 2.45) is 0 Å². The number of benzene rings is 2. The number of nitrogens with zero attached hydrogens (tertiary/aromatic N) is 1. The summed E-state index contributed by atoms with van der Waals surface area (Å²) < 4.78 is 13.7. The van der Waals surface area contributed by atoms with E-state index in [2.05, 4.69) is 15.5 Å². The van der Waals surface area contributed by atoms with Crippen LogP contribution in [-0.2, 0) is 4.79 Å². The van der Waals surface area contributed by atoms with Gasteiger partial charge in [0.05, 0.1) is 12.1 Å². The fourth-order valence-corrected chi connectivity index (χ4v) is 3.37. The first-order chi connectivity index (χ1) is 13.4. The van der Waals surface area contributed by atoms with E-state index in [1.54, 1.807) is 12.1 Å². The first-order valence-electron chi connectivity index (χ1n) is 9.57. The maximum absolute atomic E-state index is 13.7. The van der Waals surface area contributed by atoms with Crippen LogP contribution in [0.5, 0.6) is 0 Å². The first-order valence-corrected chi connectivity index (χ1v) is 9.57. The summed E-state index contributed by atoms with van der Waals surface area (Å²) in [6, 6.07) is 11.8. The third kappa shape index (κ3) is 6.27. The van der Waals surface area contributed by atoms with Crippen molar-refractivity contribution in [3.63, 3.8) is 0 Å². The van der Waals surface area contributed by atoms with Crippen molar-refractivity contribution in [3.8, 4) is 0 Å². The second kappa shape index (κ2) is 10.4. The normalized spacial score (nSPS) is 14.7. The molecule has 1 saturated heterocycles. The number of carbonyl (C=O) groups excluding carboxylic acids is 2. The number of carbonyl (C=O) groups is 2. The molecular weight excluding hydrogens is 393 g/mol. The van der Waals surface area contributed by atoms with Crippen LogP contribution in [0.1, 0.15) is 34.3 Å². The van der Waals surface area contributed by atoms with Gasteiger partial charge in [-0.2, -0.15) is 0 Å². The van der Waals surface area contributed by atoms with E-state index in [0.29, 0.717) is 19.6 Å². The lowest BCUT2D eigenvalue weighted by atomic mass is 10.0. The predicted molar refractivity (Wildman–Crippen MR) is 115 cm³/mol. The van der Waals surface area contributed by atoms with E-state index in [1.165, 1.54) is 17.7 Å². The highest BCUT2D eigenvalue weighted by molar-refractivity contribution is 5.94. The van der Waals surface area contributed by atoms with Crippen LogP contribution in [0, 0.1) is 19.7 Å². The molecule has 0 unspecified atom stereocenters. The number of likely N-dealkylation sites (tertiary alicyclic amines) is 1. The number of nitrogens with one attached hydrogen (secondary N) is 2. The molecule has 0 atom stereocenters. The second-order valence-electron chi connectivity index (χ2n) is 7.35. The van der Waals surface area contributed by atoms with Gasteiger partial charge in [0.1, 0.15) is 5.82 Å². The molecule has 0 saturated carbocycles. The maximum Gasteiger partial charge on any atom is 0.254 e. The molecule has 5 nitrogen and oxygen atoms in total. The number of amides is 2. The van der Waals surface area contributed by atoms with E-state index in [1.807, 2.05) is 32.0 Å². The summed E-state index contributed by atoms with van der Waals surface area (Å²) in [5.41, 5.74) is 3.21. The Bertz CT molecular complexity index is 867. The van der Waals surface area contributed by atoms with Crippen LogP contribution in [0.25, 0.3) is 0 Å². The maximum atomic E-state index is 13.7. The van der Waals surface area contributed by atoms with Gasteiger partial charge in [0.15, 0.2) is 0 Å². The predicted octanol–water partition coefficient (Wildman–Crippen LogP) is 3.70. The molecular formula is C22H27ClFN3O2. The van der Waals surface area contributed by atoms with Crippen LogP contribution >= 0.6 is 12.4 Å². The Kier molecular flexibility index (Phi) is 8.17. The van der Waals surface area contributed by atoms with Gasteiger partial charge < -0.3 is 10.6 Å². The molecule has 1 aliphatic heterocycles. The molecule has 0 spiro atoms. The van der Waals surface area contributed by atoms with Gasteiger partial charge in [-0.1, -0.05) is 18.2 Å². The van der Waals surface area contributed by atoms with Crippen molar-refractivity contribution in [2.75, 3.05) is 25.0 Å². The lowest BCUT2D eigenvalue weighted by molar-refractivity contribution is -0.117. The van der Waals surface area contributed by atoms with Crippen LogP contribution in [0.4, 0.5) is 10.1 Å². The summed E-state index contributed by atoms with van der Waals surface area (Å²) in [5, 5.41) is 5.83. The summed E-state index contributed by atoms with van der Waals surface area (Å²) in [5.74, 6) is -0.943. The Morgan fingerprint density at radius 3 is 2.41 bits per heavy atom. The number of piperidine rings is 1. The topological polar surface area (TPSA) is 61.4 Å². The fraction of sp³-hybridized carbons (Fsp3) is 0.364. The average Bonchev–Trinajstić information content (AvgIpc) is 2.66. The summed E-state index contributed by atoms with van der Waals surface area (Å²) in [6.45, 7) is 5.80. The van der Waals surface area contributed by atoms with Crippen molar-refractivity contribution in [1.29, 1.82) is 0 Å². The molecule has 0 bridgehead atoms. The summed E-state index contributed by atoms with van der Waals surface area (Å²) >= 11 is 0. The highest BCUT2D eigenvalue weighted by Crippen LogP contribution is 2.15. The van der Waals surface area contributed by atoms with Crippen LogP contribution in [0.2, 0.25) is 0 Å². The van der Waals surface area contributed by atoms with Crippen LogP contribution < -0.4 is 10.6 Å².